The third kappa shape index (κ3) is 8.68. The predicted molar refractivity (Wildman–Crippen MR) is 64.3 cm³/mol. The summed E-state index contributed by atoms with van der Waals surface area (Å²) in [6, 6.07) is 0. The molecule has 0 unspecified atom stereocenters. The Morgan fingerprint density at radius 3 is 2.31 bits per heavy atom. The van der Waals surface area contributed by atoms with Crippen molar-refractivity contribution in [2.45, 2.75) is 46.1 Å². The van der Waals surface area contributed by atoms with Crippen LogP contribution in [0.2, 0.25) is 0 Å². The Labute approximate surface area is 98.6 Å². The maximum absolute atomic E-state index is 11.5. The van der Waals surface area contributed by atoms with Crippen molar-refractivity contribution in [2.24, 2.45) is 0 Å². The summed E-state index contributed by atoms with van der Waals surface area (Å²) in [5, 5.41) is 8.86. The van der Waals surface area contributed by atoms with Crippen LogP contribution in [0.15, 0.2) is 0 Å². The van der Waals surface area contributed by atoms with E-state index in [9.17, 15) is 4.79 Å². The summed E-state index contributed by atoms with van der Waals surface area (Å²) in [5.41, 5.74) is -0.413. The minimum absolute atomic E-state index is 0.133. The molecular weight excluding hydrogens is 206 g/mol. The van der Waals surface area contributed by atoms with Gasteiger partial charge in [0.05, 0.1) is 13.0 Å². The second kappa shape index (κ2) is 7.63. The van der Waals surface area contributed by atoms with Crippen LogP contribution in [-0.4, -0.2) is 47.8 Å². The zero-order chi connectivity index (χ0) is 12.6. The second-order valence-electron chi connectivity index (χ2n) is 4.90. The molecule has 0 spiro atoms. The van der Waals surface area contributed by atoms with Crippen molar-refractivity contribution < 1.29 is 14.6 Å². The fourth-order valence-electron chi connectivity index (χ4n) is 1.43. The molecule has 96 valence electrons. The van der Waals surface area contributed by atoms with E-state index in [0.29, 0.717) is 19.5 Å². The van der Waals surface area contributed by atoms with E-state index in [0.717, 1.165) is 13.0 Å². The summed E-state index contributed by atoms with van der Waals surface area (Å²) in [5.74, 6) is -0.174. The fourth-order valence-corrected chi connectivity index (χ4v) is 1.43. The third-order valence-corrected chi connectivity index (χ3v) is 2.01. The van der Waals surface area contributed by atoms with Gasteiger partial charge in [-0.25, -0.2) is 0 Å². The quantitative estimate of drug-likeness (QED) is 0.673. The molecule has 0 bridgehead atoms. The van der Waals surface area contributed by atoms with Crippen LogP contribution in [0.5, 0.6) is 0 Å². The maximum atomic E-state index is 11.5. The molecule has 0 fully saturated rings. The molecule has 16 heavy (non-hydrogen) atoms. The number of carbonyl (C=O) groups is 1. The topological polar surface area (TPSA) is 49.8 Å². The Hall–Kier alpha value is -0.610. The molecule has 4 nitrogen and oxygen atoms in total. The van der Waals surface area contributed by atoms with Crippen molar-refractivity contribution in [1.82, 2.24) is 4.90 Å². The molecule has 0 atom stereocenters. The van der Waals surface area contributed by atoms with Gasteiger partial charge in [0.15, 0.2) is 0 Å². The van der Waals surface area contributed by atoms with Crippen LogP contribution in [0.4, 0.5) is 0 Å². The van der Waals surface area contributed by atoms with E-state index in [1.54, 1.807) is 0 Å². The van der Waals surface area contributed by atoms with Gasteiger partial charge in [-0.2, -0.15) is 0 Å². The molecule has 0 aromatic rings. The van der Waals surface area contributed by atoms with Crippen molar-refractivity contribution in [3.8, 4) is 0 Å². The van der Waals surface area contributed by atoms with Crippen LogP contribution in [0, 0.1) is 0 Å². The highest BCUT2D eigenvalue weighted by molar-refractivity contribution is 5.70. The fraction of sp³-hybridized carbons (Fsp3) is 0.917. The minimum Gasteiger partial charge on any atom is -0.460 e. The molecule has 0 rings (SSSR count). The number of hydrogen-bond acceptors (Lipinski definition) is 4. The number of hydrogen-bond donors (Lipinski definition) is 1. The lowest BCUT2D eigenvalue weighted by Gasteiger charge is -2.22. The van der Waals surface area contributed by atoms with Gasteiger partial charge in [0.25, 0.3) is 0 Å². The van der Waals surface area contributed by atoms with Crippen LogP contribution in [0.25, 0.3) is 0 Å². The number of esters is 1. The van der Waals surface area contributed by atoms with Gasteiger partial charge in [-0.15, -0.1) is 0 Å². The molecule has 0 aliphatic heterocycles. The summed E-state index contributed by atoms with van der Waals surface area (Å²) >= 11 is 0. The van der Waals surface area contributed by atoms with Crippen LogP contribution >= 0.6 is 0 Å². The largest absolute Gasteiger partial charge is 0.460 e. The maximum Gasteiger partial charge on any atom is 0.307 e. The van der Waals surface area contributed by atoms with Gasteiger partial charge in [0.1, 0.15) is 5.60 Å². The summed E-state index contributed by atoms with van der Waals surface area (Å²) < 4.78 is 5.22. The van der Waals surface area contributed by atoms with E-state index < -0.39 is 5.60 Å². The lowest BCUT2D eigenvalue weighted by molar-refractivity contribution is -0.155. The molecule has 0 amide bonds. The Balaban J connectivity index is 3.86. The average molecular weight is 231 g/mol. The molecule has 0 saturated heterocycles. The molecule has 0 aromatic heterocycles. The number of aliphatic hydroxyl groups is 1. The number of rotatable bonds is 7. The van der Waals surface area contributed by atoms with Gasteiger partial charge >= 0.3 is 5.97 Å². The zero-order valence-corrected chi connectivity index (χ0v) is 11.0. The van der Waals surface area contributed by atoms with Crippen LogP contribution in [0.1, 0.15) is 40.5 Å². The molecular formula is C12H25NO3. The number of nitrogens with zero attached hydrogens (tertiary/aromatic N) is 1. The molecule has 0 aromatic carbocycles. The van der Waals surface area contributed by atoms with Gasteiger partial charge in [-0.1, -0.05) is 6.92 Å². The van der Waals surface area contributed by atoms with Crippen molar-refractivity contribution in [2.75, 3.05) is 26.2 Å². The molecule has 4 heteroatoms. The van der Waals surface area contributed by atoms with Crippen molar-refractivity contribution in [3.05, 3.63) is 0 Å². The van der Waals surface area contributed by atoms with Gasteiger partial charge in [0, 0.05) is 13.1 Å². The van der Waals surface area contributed by atoms with Gasteiger partial charge in [0.2, 0.25) is 0 Å². The zero-order valence-electron chi connectivity index (χ0n) is 11.0. The van der Waals surface area contributed by atoms with E-state index in [1.807, 2.05) is 20.8 Å². The summed E-state index contributed by atoms with van der Waals surface area (Å²) in [7, 11) is 0. The monoisotopic (exact) mass is 231 g/mol. The van der Waals surface area contributed by atoms with E-state index in [1.165, 1.54) is 0 Å². The smallest absolute Gasteiger partial charge is 0.307 e. The first-order chi connectivity index (χ1) is 7.39. The Bertz CT molecular complexity index is 193. The minimum atomic E-state index is -0.413. The lowest BCUT2D eigenvalue weighted by atomic mass is 10.2. The number of ether oxygens (including phenoxy) is 1. The SMILES string of the molecule is CCCN(CCO)CCC(=O)OC(C)(C)C. The van der Waals surface area contributed by atoms with E-state index in [-0.39, 0.29) is 12.6 Å². The van der Waals surface area contributed by atoms with E-state index >= 15 is 0 Å². The van der Waals surface area contributed by atoms with Crippen molar-refractivity contribution in [1.29, 1.82) is 0 Å². The highest BCUT2D eigenvalue weighted by atomic mass is 16.6. The predicted octanol–water partition coefficient (Wildman–Crippen LogP) is 1.42. The first-order valence-corrected chi connectivity index (χ1v) is 5.94. The standard InChI is InChI=1S/C12H25NO3/c1-5-7-13(9-10-14)8-6-11(15)16-12(2,3)4/h14H,5-10H2,1-4H3. The number of carbonyl (C=O) groups excluding carboxylic acids is 1. The Morgan fingerprint density at radius 1 is 1.25 bits per heavy atom. The van der Waals surface area contributed by atoms with Gasteiger partial charge in [-0.05, 0) is 33.7 Å². The number of aliphatic hydroxyl groups excluding tert-OH is 1. The van der Waals surface area contributed by atoms with Crippen molar-refractivity contribution >= 4 is 5.97 Å². The van der Waals surface area contributed by atoms with Gasteiger partial charge in [-0.3, -0.25) is 4.79 Å². The van der Waals surface area contributed by atoms with Crippen LogP contribution in [0.3, 0.4) is 0 Å². The molecule has 0 radical (unpaired) electrons. The average Bonchev–Trinajstić information content (AvgIpc) is 2.12. The lowest BCUT2D eigenvalue weighted by Crippen LogP contribution is -2.32. The highest BCUT2D eigenvalue weighted by Crippen LogP contribution is 2.08. The first-order valence-electron chi connectivity index (χ1n) is 5.94. The molecule has 0 aliphatic rings. The second-order valence-corrected chi connectivity index (χ2v) is 4.90. The Kier molecular flexibility index (Phi) is 7.34. The van der Waals surface area contributed by atoms with Crippen LogP contribution < -0.4 is 0 Å². The van der Waals surface area contributed by atoms with Crippen LogP contribution in [-0.2, 0) is 9.53 Å². The van der Waals surface area contributed by atoms with E-state index in [4.69, 9.17) is 9.84 Å². The van der Waals surface area contributed by atoms with E-state index in [2.05, 4.69) is 11.8 Å². The third-order valence-electron chi connectivity index (χ3n) is 2.01. The normalized spacial score (nSPS) is 11.9. The molecule has 0 aliphatic carbocycles. The molecule has 0 saturated carbocycles. The molecule has 1 N–H and O–H groups in total. The Morgan fingerprint density at radius 2 is 1.88 bits per heavy atom. The van der Waals surface area contributed by atoms with Gasteiger partial charge < -0.3 is 14.7 Å². The summed E-state index contributed by atoms with van der Waals surface area (Å²) in [4.78, 5) is 13.5. The highest BCUT2D eigenvalue weighted by Gasteiger charge is 2.16. The van der Waals surface area contributed by atoms with Crippen molar-refractivity contribution in [3.63, 3.8) is 0 Å². The molecule has 0 heterocycles. The summed E-state index contributed by atoms with van der Waals surface area (Å²) in [6.45, 7) is 9.99. The first kappa shape index (κ1) is 15.4. The summed E-state index contributed by atoms with van der Waals surface area (Å²) in [6.07, 6.45) is 1.41.